The van der Waals surface area contributed by atoms with Crippen molar-refractivity contribution in [3.63, 3.8) is 0 Å². The summed E-state index contributed by atoms with van der Waals surface area (Å²) in [6, 6.07) is 6.02. The first kappa shape index (κ1) is 13.4. The second kappa shape index (κ2) is 5.81. The van der Waals surface area contributed by atoms with Gasteiger partial charge in [0.25, 0.3) is 0 Å². The lowest BCUT2D eigenvalue weighted by Crippen LogP contribution is -2.21. The average molecular weight is 294 g/mol. The minimum absolute atomic E-state index is 0.223. The van der Waals surface area contributed by atoms with Crippen LogP contribution in [0.2, 0.25) is 5.02 Å². The van der Waals surface area contributed by atoms with Crippen molar-refractivity contribution in [2.24, 2.45) is 0 Å². The molecule has 0 spiro atoms. The molecule has 0 radical (unpaired) electrons. The lowest BCUT2D eigenvalue weighted by molar-refractivity contribution is 0.299. The van der Waals surface area contributed by atoms with Gasteiger partial charge in [-0.3, -0.25) is 0 Å². The Morgan fingerprint density at radius 3 is 3.10 bits per heavy atom. The Balaban J connectivity index is 1.78. The van der Waals surface area contributed by atoms with Crippen LogP contribution in [0.3, 0.4) is 0 Å². The number of hydrogen-bond acceptors (Lipinski definition) is 5. The molecule has 0 amide bonds. The number of ether oxygens (including phenoxy) is 1. The van der Waals surface area contributed by atoms with Crippen molar-refractivity contribution in [1.29, 1.82) is 0 Å². The van der Waals surface area contributed by atoms with Crippen molar-refractivity contribution in [3.8, 4) is 5.75 Å². The number of hydrogen-bond donors (Lipinski definition) is 1. The molecule has 0 fully saturated rings. The summed E-state index contributed by atoms with van der Waals surface area (Å²) < 4.78 is 10.5. The van der Waals surface area contributed by atoms with Gasteiger partial charge in [0.1, 0.15) is 17.1 Å². The third-order valence-electron chi connectivity index (χ3n) is 3.51. The maximum atomic E-state index is 6.03. The predicted octanol–water partition coefficient (Wildman–Crippen LogP) is 3.03. The van der Waals surface area contributed by atoms with E-state index < -0.39 is 0 Å². The summed E-state index contributed by atoms with van der Waals surface area (Å²) >= 11 is 6.03. The van der Waals surface area contributed by atoms with Crippen LogP contribution in [-0.4, -0.2) is 16.9 Å². The SMILES string of the molecule is Cc1nonc1CNC1CCCOc2cc(Cl)ccc21. The van der Waals surface area contributed by atoms with Crippen molar-refractivity contribution < 1.29 is 9.37 Å². The van der Waals surface area contributed by atoms with Crippen molar-refractivity contribution in [3.05, 3.63) is 40.2 Å². The van der Waals surface area contributed by atoms with E-state index in [0.717, 1.165) is 42.1 Å². The number of benzene rings is 1. The summed E-state index contributed by atoms with van der Waals surface area (Å²) in [5.41, 5.74) is 2.80. The van der Waals surface area contributed by atoms with E-state index in [1.54, 1.807) is 0 Å². The van der Waals surface area contributed by atoms with E-state index in [0.29, 0.717) is 11.6 Å². The fourth-order valence-corrected chi connectivity index (χ4v) is 2.55. The van der Waals surface area contributed by atoms with E-state index in [9.17, 15) is 0 Å². The Morgan fingerprint density at radius 2 is 2.30 bits per heavy atom. The standard InChI is InChI=1S/C14H16ClN3O2/c1-9-13(18-20-17-9)8-16-12-3-2-6-19-14-7-10(15)4-5-11(12)14/h4-5,7,12,16H,2-3,6,8H2,1H3. The zero-order chi connectivity index (χ0) is 13.9. The van der Waals surface area contributed by atoms with Crippen LogP contribution in [0.4, 0.5) is 0 Å². The first-order valence-electron chi connectivity index (χ1n) is 6.67. The van der Waals surface area contributed by atoms with Gasteiger partial charge in [0.05, 0.1) is 6.61 Å². The number of aromatic nitrogens is 2. The summed E-state index contributed by atoms with van der Waals surface area (Å²) in [7, 11) is 0. The third kappa shape index (κ3) is 2.78. The lowest BCUT2D eigenvalue weighted by Gasteiger charge is -2.18. The Kier molecular flexibility index (Phi) is 3.89. The summed E-state index contributed by atoms with van der Waals surface area (Å²) in [6.07, 6.45) is 2.01. The van der Waals surface area contributed by atoms with E-state index in [1.165, 1.54) is 0 Å². The number of nitrogens with one attached hydrogen (secondary N) is 1. The van der Waals surface area contributed by atoms with Crippen LogP contribution in [0, 0.1) is 6.92 Å². The average Bonchev–Trinajstić information content (AvgIpc) is 2.73. The Bertz CT molecular complexity index is 600. The molecule has 3 rings (SSSR count). The smallest absolute Gasteiger partial charge is 0.125 e. The van der Waals surface area contributed by atoms with E-state index in [1.807, 2.05) is 25.1 Å². The van der Waals surface area contributed by atoms with Gasteiger partial charge in [-0.1, -0.05) is 28.0 Å². The number of aryl methyl sites for hydroxylation is 1. The van der Waals surface area contributed by atoms with Gasteiger partial charge in [0.2, 0.25) is 0 Å². The second-order valence-corrected chi connectivity index (χ2v) is 5.34. The van der Waals surface area contributed by atoms with Crippen LogP contribution in [0.1, 0.15) is 35.8 Å². The molecule has 1 aromatic carbocycles. The molecule has 106 valence electrons. The quantitative estimate of drug-likeness (QED) is 0.942. The Morgan fingerprint density at radius 1 is 1.40 bits per heavy atom. The molecule has 0 bridgehead atoms. The number of rotatable bonds is 3. The predicted molar refractivity (Wildman–Crippen MR) is 74.8 cm³/mol. The molecule has 0 aliphatic carbocycles. The highest BCUT2D eigenvalue weighted by Gasteiger charge is 2.20. The van der Waals surface area contributed by atoms with Crippen molar-refractivity contribution >= 4 is 11.6 Å². The Hall–Kier alpha value is -1.59. The van der Waals surface area contributed by atoms with Gasteiger partial charge >= 0.3 is 0 Å². The molecule has 5 nitrogen and oxygen atoms in total. The molecule has 6 heteroatoms. The molecule has 2 heterocycles. The van der Waals surface area contributed by atoms with Crippen LogP contribution in [0.5, 0.6) is 5.75 Å². The summed E-state index contributed by atoms with van der Waals surface area (Å²) in [5.74, 6) is 0.863. The fourth-order valence-electron chi connectivity index (χ4n) is 2.39. The highest BCUT2D eigenvalue weighted by Crippen LogP contribution is 2.33. The molecule has 1 N–H and O–H groups in total. The van der Waals surface area contributed by atoms with Crippen LogP contribution in [-0.2, 0) is 6.54 Å². The Labute approximate surface area is 122 Å². The minimum Gasteiger partial charge on any atom is -0.493 e. The van der Waals surface area contributed by atoms with Gasteiger partial charge in [0.15, 0.2) is 0 Å². The lowest BCUT2D eigenvalue weighted by atomic mass is 10.0. The number of nitrogens with zero attached hydrogens (tertiary/aromatic N) is 2. The fraction of sp³-hybridized carbons (Fsp3) is 0.429. The minimum atomic E-state index is 0.223. The molecular formula is C14H16ClN3O2. The molecule has 1 aliphatic heterocycles. The maximum absolute atomic E-state index is 6.03. The van der Waals surface area contributed by atoms with E-state index in [4.69, 9.17) is 21.0 Å². The topological polar surface area (TPSA) is 60.2 Å². The van der Waals surface area contributed by atoms with Gasteiger partial charge < -0.3 is 10.1 Å². The third-order valence-corrected chi connectivity index (χ3v) is 3.74. The summed E-state index contributed by atoms with van der Waals surface area (Å²) in [5, 5.41) is 11.9. The molecule has 1 aliphatic rings. The number of halogens is 1. The van der Waals surface area contributed by atoms with E-state index in [2.05, 4.69) is 15.6 Å². The maximum Gasteiger partial charge on any atom is 0.125 e. The van der Waals surface area contributed by atoms with Crippen LogP contribution < -0.4 is 10.1 Å². The molecule has 1 aromatic heterocycles. The normalized spacial score (nSPS) is 18.2. The summed E-state index contributed by atoms with van der Waals surface area (Å²) in [4.78, 5) is 0. The van der Waals surface area contributed by atoms with Crippen molar-refractivity contribution in [2.45, 2.75) is 32.4 Å². The first-order chi connectivity index (χ1) is 9.74. The van der Waals surface area contributed by atoms with Gasteiger partial charge in [-0.05, 0) is 31.9 Å². The van der Waals surface area contributed by atoms with Gasteiger partial charge in [-0.25, -0.2) is 4.63 Å². The first-order valence-corrected chi connectivity index (χ1v) is 7.05. The van der Waals surface area contributed by atoms with Crippen LogP contribution >= 0.6 is 11.6 Å². The molecular weight excluding hydrogens is 278 g/mol. The summed E-state index contributed by atoms with van der Waals surface area (Å²) in [6.45, 7) is 3.23. The van der Waals surface area contributed by atoms with E-state index in [-0.39, 0.29) is 6.04 Å². The van der Waals surface area contributed by atoms with Crippen LogP contribution in [0.25, 0.3) is 0 Å². The highest BCUT2D eigenvalue weighted by molar-refractivity contribution is 6.30. The van der Waals surface area contributed by atoms with Crippen molar-refractivity contribution in [2.75, 3.05) is 6.61 Å². The molecule has 0 saturated heterocycles. The molecule has 1 atom stereocenters. The number of fused-ring (bicyclic) bond motifs is 1. The molecule has 2 aromatic rings. The molecule has 1 unspecified atom stereocenters. The zero-order valence-electron chi connectivity index (χ0n) is 11.2. The molecule has 20 heavy (non-hydrogen) atoms. The highest BCUT2D eigenvalue weighted by atomic mass is 35.5. The zero-order valence-corrected chi connectivity index (χ0v) is 12.0. The second-order valence-electron chi connectivity index (χ2n) is 4.90. The van der Waals surface area contributed by atoms with E-state index >= 15 is 0 Å². The largest absolute Gasteiger partial charge is 0.493 e. The van der Waals surface area contributed by atoms with Gasteiger partial charge in [-0.15, -0.1) is 0 Å². The van der Waals surface area contributed by atoms with Crippen molar-refractivity contribution in [1.82, 2.24) is 15.6 Å². The molecule has 0 saturated carbocycles. The monoisotopic (exact) mass is 293 g/mol. The van der Waals surface area contributed by atoms with Crippen LogP contribution in [0.15, 0.2) is 22.8 Å². The van der Waals surface area contributed by atoms with Gasteiger partial charge in [0, 0.05) is 23.2 Å². The van der Waals surface area contributed by atoms with Gasteiger partial charge in [-0.2, -0.15) is 0 Å².